The first-order valence-corrected chi connectivity index (χ1v) is 8.31. The summed E-state index contributed by atoms with van der Waals surface area (Å²) in [6.45, 7) is 4.11. The Morgan fingerprint density at radius 1 is 1.04 bits per heavy atom. The smallest absolute Gasteiger partial charge is 0.271 e. The number of carbonyl (C=O) groups is 1. The van der Waals surface area contributed by atoms with Gasteiger partial charge in [0.15, 0.2) is 0 Å². The molecule has 0 saturated carbocycles. The molecule has 0 unspecified atom stereocenters. The summed E-state index contributed by atoms with van der Waals surface area (Å²) in [5, 5.41) is 4.01. The van der Waals surface area contributed by atoms with Crippen molar-refractivity contribution < 1.29 is 9.53 Å². The molecule has 0 fully saturated rings. The zero-order valence-corrected chi connectivity index (χ0v) is 15.1. The zero-order valence-electron chi connectivity index (χ0n) is 15.1. The fourth-order valence-electron chi connectivity index (χ4n) is 2.79. The number of hydrogen-bond donors (Lipinski definition) is 1. The number of nitrogens with zero attached hydrogens (tertiary/aromatic N) is 2. The van der Waals surface area contributed by atoms with Gasteiger partial charge in [0.05, 0.1) is 13.3 Å². The molecule has 0 bridgehead atoms. The minimum atomic E-state index is -0.253. The fourth-order valence-corrected chi connectivity index (χ4v) is 2.79. The van der Waals surface area contributed by atoms with Crippen molar-refractivity contribution in [2.24, 2.45) is 5.10 Å². The average Bonchev–Trinajstić information content (AvgIpc) is 3.00. The highest BCUT2D eigenvalue weighted by Gasteiger charge is 2.07. The lowest BCUT2D eigenvalue weighted by Crippen LogP contribution is -2.17. The number of hydrogen-bond acceptors (Lipinski definition) is 3. The maximum Gasteiger partial charge on any atom is 0.271 e. The molecule has 0 saturated heterocycles. The van der Waals surface area contributed by atoms with Gasteiger partial charge in [0.1, 0.15) is 5.75 Å². The Hall–Kier alpha value is -3.34. The first kappa shape index (κ1) is 17.5. The summed E-state index contributed by atoms with van der Waals surface area (Å²) in [6.07, 6.45) is 1.58. The van der Waals surface area contributed by atoms with Crippen LogP contribution in [0.3, 0.4) is 0 Å². The van der Waals surface area contributed by atoms with Crippen molar-refractivity contribution in [1.82, 2.24) is 9.99 Å². The van der Waals surface area contributed by atoms with Crippen molar-refractivity contribution in [3.63, 3.8) is 0 Å². The molecule has 1 heterocycles. The molecule has 0 aliphatic carbocycles. The molecule has 5 heteroatoms. The summed E-state index contributed by atoms with van der Waals surface area (Å²) < 4.78 is 7.30. The van der Waals surface area contributed by atoms with Crippen LogP contribution in [-0.4, -0.2) is 23.8 Å². The number of amides is 1. The van der Waals surface area contributed by atoms with Crippen LogP contribution in [0.25, 0.3) is 5.69 Å². The fraction of sp³-hybridized carbons (Fsp3) is 0.143. The van der Waals surface area contributed by atoms with Crippen LogP contribution in [0, 0.1) is 13.8 Å². The Bertz CT molecular complexity index is 921. The summed E-state index contributed by atoms with van der Waals surface area (Å²) in [6, 6.07) is 19.0. The molecule has 5 nitrogen and oxygen atoms in total. The normalized spacial score (nSPS) is 10.9. The van der Waals surface area contributed by atoms with Gasteiger partial charge in [-0.25, -0.2) is 5.43 Å². The summed E-state index contributed by atoms with van der Waals surface area (Å²) in [5.74, 6) is 0.489. The minimum absolute atomic E-state index is 0.253. The van der Waals surface area contributed by atoms with E-state index in [-0.39, 0.29) is 5.91 Å². The SMILES string of the molecule is COc1cccc(C=NNC(=O)c2ccc(-n3c(C)ccc3C)cc2)c1. The van der Waals surface area contributed by atoms with Crippen molar-refractivity contribution in [3.05, 3.63) is 83.2 Å². The van der Waals surface area contributed by atoms with Gasteiger partial charge in [-0.3, -0.25) is 4.79 Å². The predicted octanol–water partition coefficient (Wildman–Crippen LogP) is 3.87. The highest BCUT2D eigenvalue weighted by Crippen LogP contribution is 2.17. The molecule has 0 atom stereocenters. The number of carbonyl (C=O) groups excluding carboxylic acids is 1. The van der Waals surface area contributed by atoms with Crippen molar-refractivity contribution in [2.45, 2.75) is 13.8 Å². The first-order valence-electron chi connectivity index (χ1n) is 8.31. The molecule has 0 spiro atoms. The van der Waals surface area contributed by atoms with E-state index < -0.39 is 0 Å². The number of nitrogens with one attached hydrogen (secondary N) is 1. The lowest BCUT2D eigenvalue weighted by molar-refractivity contribution is 0.0955. The Morgan fingerprint density at radius 2 is 1.73 bits per heavy atom. The molecular formula is C21H21N3O2. The molecule has 3 aromatic rings. The van der Waals surface area contributed by atoms with Gasteiger partial charge < -0.3 is 9.30 Å². The second-order valence-electron chi connectivity index (χ2n) is 5.97. The van der Waals surface area contributed by atoms with Crippen LogP contribution in [0.1, 0.15) is 27.3 Å². The average molecular weight is 347 g/mol. The second-order valence-corrected chi connectivity index (χ2v) is 5.97. The van der Waals surface area contributed by atoms with E-state index in [1.54, 1.807) is 25.5 Å². The van der Waals surface area contributed by atoms with Crippen LogP contribution in [0.15, 0.2) is 65.8 Å². The molecule has 1 amide bonds. The van der Waals surface area contributed by atoms with Crippen LogP contribution in [-0.2, 0) is 0 Å². The van der Waals surface area contributed by atoms with Crippen LogP contribution in [0.4, 0.5) is 0 Å². The highest BCUT2D eigenvalue weighted by atomic mass is 16.5. The van der Waals surface area contributed by atoms with Gasteiger partial charge in [-0.1, -0.05) is 12.1 Å². The molecule has 1 aromatic heterocycles. The summed E-state index contributed by atoms with van der Waals surface area (Å²) in [7, 11) is 1.61. The van der Waals surface area contributed by atoms with E-state index >= 15 is 0 Å². The molecule has 0 radical (unpaired) electrons. The van der Waals surface area contributed by atoms with E-state index in [1.165, 1.54) is 0 Å². The Balaban J connectivity index is 1.67. The highest BCUT2D eigenvalue weighted by molar-refractivity contribution is 5.95. The van der Waals surface area contributed by atoms with Gasteiger partial charge >= 0.3 is 0 Å². The second kappa shape index (κ2) is 7.70. The van der Waals surface area contributed by atoms with Crippen molar-refractivity contribution >= 4 is 12.1 Å². The van der Waals surface area contributed by atoms with Crippen LogP contribution in [0.5, 0.6) is 5.75 Å². The summed E-state index contributed by atoms with van der Waals surface area (Å²) in [4.78, 5) is 12.2. The van der Waals surface area contributed by atoms with E-state index in [0.29, 0.717) is 5.56 Å². The van der Waals surface area contributed by atoms with E-state index in [0.717, 1.165) is 28.4 Å². The molecule has 1 N–H and O–H groups in total. The minimum Gasteiger partial charge on any atom is -0.497 e. The van der Waals surface area contributed by atoms with Gasteiger partial charge in [0, 0.05) is 22.6 Å². The Kier molecular flexibility index (Phi) is 5.17. The number of aromatic nitrogens is 1. The number of hydrazone groups is 1. The standard InChI is InChI=1S/C21H21N3O2/c1-15-7-8-16(2)24(15)19-11-9-18(10-12-19)21(25)23-22-14-17-5-4-6-20(13-17)26-3/h4-14H,1-3H3,(H,23,25). The molecule has 26 heavy (non-hydrogen) atoms. The lowest BCUT2D eigenvalue weighted by Gasteiger charge is -2.10. The topological polar surface area (TPSA) is 55.6 Å². The third kappa shape index (κ3) is 3.83. The molecule has 3 rings (SSSR count). The van der Waals surface area contributed by atoms with Gasteiger partial charge in [-0.15, -0.1) is 0 Å². The quantitative estimate of drug-likeness (QED) is 0.563. The molecule has 2 aromatic carbocycles. The Morgan fingerprint density at radius 3 is 2.38 bits per heavy atom. The van der Waals surface area contributed by atoms with E-state index in [4.69, 9.17) is 4.74 Å². The monoisotopic (exact) mass is 347 g/mol. The largest absolute Gasteiger partial charge is 0.497 e. The van der Waals surface area contributed by atoms with E-state index in [9.17, 15) is 4.79 Å². The molecule has 0 aliphatic heterocycles. The number of methoxy groups -OCH3 is 1. The molecule has 132 valence electrons. The van der Waals surface area contributed by atoms with Crippen LogP contribution in [0.2, 0.25) is 0 Å². The molecule has 0 aliphatic rings. The van der Waals surface area contributed by atoms with Crippen LogP contribution >= 0.6 is 0 Å². The van der Waals surface area contributed by atoms with Gasteiger partial charge in [-0.2, -0.15) is 5.10 Å². The summed E-state index contributed by atoms with van der Waals surface area (Å²) in [5.41, 5.74) is 7.28. The van der Waals surface area contributed by atoms with E-state index in [1.807, 2.05) is 36.4 Å². The lowest BCUT2D eigenvalue weighted by atomic mass is 10.2. The number of benzene rings is 2. The van der Waals surface area contributed by atoms with Gasteiger partial charge in [0.25, 0.3) is 5.91 Å². The Labute approximate surface area is 152 Å². The van der Waals surface area contributed by atoms with Crippen LogP contribution < -0.4 is 10.2 Å². The van der Waals surface area contributed by atoms with Gasteiger partial charge in [0.2, 0.25) is 0 Å². The third-order valence-electron chi connectivity index (χ3n) is 4.13. The number of aryl methyl sites for hydroxylation is 2. The number of ether oxygens (including phenoxy) is 1. The predicted molar refractivity (Wildman–Crippen MR) is 103 cm³/mol. The maximum atomic E-state index is 12.2. The first-order chi connectivity index (χ1) is 12.6. The molecular weight excluding hydrogens is 326 g/mol. The van der Waals surface area contributed by atoms with Crippen molar-refractivity contribution in [2.75, 3.05) is 7.11 Å². The zero-order chi connectivity index (χ0) is 18.5. The summed E-state index contributed by atoms with van der Waals surface area (Å²) >= 11 is 0. The number of rotatable bonds is 5. The van der Waals surface area contributed by atoms with Crippen molar-refractivity contribution in [3.8, 4) is 11.4 Å². The van der Waals surface area contributed by atoms with Crippen molar-refractivity contribution in [1.29, 1.82) is 0 Å². The van der Waals surface area contributed by atoms with Gasteiger partial charge in [-0.05, 0) is 67.9 Å². The maximum absolute atomic E-state index is 12.2. The van der Waals surface area contributed by atoms with E-state index in [2.05, 4.69) is 41.1 Å². The third-order valence-corrected chi connectivity index (χ3v) is 4.13.